The van der Waals surface area contributed by atoms with Crippen LogP contribution in [0.3, 0.4) is 0 Å². The van der Waals surface area contributed by atoms with Crippen molar-refractivity contribution in [3.63, 3.8) is 0 Å². The van der Waals surface area contributed by atoms with Crippen LogP contribution in [-0.2, 0) is 14.3 Å². The third-order valence-corrected chi connectivity index (χ3v) is 5.44. The summed E-state index contributed by atoms with van der Waals surface area (Å²) in [7, 11) is 1.46. The van der Waals surface area contributed by atoms with Gasteiger partial charge in [-0.25, -0.2) is 0 Å². The van der Waals surface area contributed by atoms with Crippen LogP contribution in [0.25, 0.3) is 0 Å². The van der Waals surface area contributed by atoms with Crippen molar-refractivity contribution in [3.8, 4) is 5.75 Å². The fourth-order valence-corrected chi connectivity index (χ4v) is 3.41. The fourth-order valence-electron chi connectivity index (χ4n) is 3.26. The molecule has 0 bridgehead atoms. The van der Waals surface area contributed by atoms with Gasteiger partial charge in [-0.3, -0.25) is 14.4 Å². The number of nitrogens with one attached hydrogen (secondary N) is 2. The number of esters is 1. The summed E-state index contributed by atoms with van der Waals surface area (Å²) >= 11 is 6.09. The van der Waals surface area contributed by atoms with Crippen LogP contribution in [0.15, 0.2) is 72.8 Å². The van der Waals surface area contributed by atoms with Crippen molar-refractivity contribution >= 4 is 35.1 Å². The lowest BCUT2D eigenvalue weighted by atomic mass is 10.0. The number of benzene rings is 3. The van der Waals surface area contributed by atoms with Crippen LogP contribution in [0.2, 0.25) is 5.02 Å². The number of carbonyl (C=O) groups is 3. The van der Waals surface area contributed by atoms with E-state index >= 15 is 0 Å². The molecule has 8 heteroatoms. The highest BCUT2D eigenvalue weighted by Crippen LogP contribution is 2.30. The normalized spacial score (nSPS) is 11.3. The molecule has 2 amide bonds. The van der Waals surface area contributed by atoms with Crippen molar-refractivity contribution < 1.29 is 23.9 Å². The Kier molecular flexibility index (Phi) is 8.65. The maximum absolute atomic E-state index is 12.6. The molecule has 0 heterocycles. The number of halogens is 1. The summed E-state index contributed by atoms with van der Waals surface area (Å²) in [5, 5.41) is 6.02. The molecule has 34 heavy (non-hydrogen) atoms. The van der Waals surface area contributed by atoms with Crippen molar-refractivity contribution in [1.82, 2.24) is 5.32 Å². The zero-order valence-corrected chi connectivity index (χ0v) is 19.6. The van der Waals surface area contributed by atoms with Gasteiger partial charge in [0.05, 0.1) is 25.3 Å². The van der Waals surface area contributed by atoms with Crippen LogP contribution in [0, 0.1) is 6.92 Å². The Bertz CT molecular complexity index is 1150. The smallest absolute Gasteiger partial charge is 0.308 e. The zero-order chi connectivity index (χ0) is 24.5. The maximum atomic E-state index is 12.6. The predicted octanol–water partition coefficient (Wildman–Crippen LogP) is 4.70. The molecule has 0 spiro atoms. The molecule has 3 aromatic carbocycles. The van der Waals surface area contributed by atoms with E-state index in [9.17, 15) is 14.4 Å². The average Bonchev–Trinajstić information content (AvgIpc) is 2.85. The number of hydrogen-bond acceptors (Lipinski definition) is 5. The average molecular weight is 481 g/mol. The second kappa shape index (κ2) is 11.9. The standard InChI is InChI=1S/C26H25ClN2O5/c1-17-13-22(23(33-2)14-20(17)27)28-24(30)16-34-25(31)15-21(18-9-5-3-6-10-18)29-26(32)19-11-7-4-8-12-19/h3-14,21H,15-16H2,1-2H3,(H,28,30)(H,29,32). The molecule has 1 unspecified atom stereocenters. The second-order valence-corrected chi connectivity index (χ2v) is 7.92. The number of hydrogen-bond donors (Lipinski definition) is 2. The van der Waals surface area contributed by atoms with Gasteiger partial charge in [0.2, 0.25) is 0 Å². The van der Waals surface area contributed by atoms with Crippen LogP contribution >= 0.6 is 11.6 Å². The summed E-state index contributed by atoms with van der Waals surface area (Å²) in [5.74, 6) is -1.08. The van der Waals surface area contributed by atoms with Gasteiger partial charge >= 0.3 is 5.97 Å². The van der Waals surface area contributed by atoms with Gasteiger partial charge in [-0.1, -0.05) is 60.1 Å². The number of rotatable bonds is 9. The summed E-state index contributed by atoms with van der Waals surface area (Å²) < 4.78 is 10.4. The lowest BCUT2D eigenvalue weighted by Gasteiger charge is -2.19. The molecular weight excluding hydrogens is 456 g/mol. The molecule has 3 rings (SSSR count). The Balaban J connectivity index is 1.62. The number of methoxy groups -OCH3 is 1. The van der Waals surface area contributed by atoms with Crippen molar-refractivity contribution in [1.29, 1.82) is 0 Å². The Labute approximate surface area is 203 Å². The van der Waals surface area contributed by atoms with Crippen LogP contribution in [0.1, 0.15) is 33.9 Å². The van der Waals surface area contributed by atoms with Crippen molar-refractivity contribution in [3.05, 3.63) is 94.5 Å². The Morgan fingerprint density at radius 1 is 0.971 bits per heavy atom. The van der Waals surface area contributed by atoms with E-state index in [0.717, 1.165) is 11.1 Å². The highest BCUT2D eigenvalue weighted by Gasteiger charge is 2.21. The van der Waals surface area contributed by atoms with Gasteiger partial charge in [0, 0.05) is 16.7 Å². The number of anilines is 1. The van der Waals surface area contributed by atoms with Crippen molar-refractivity contribution in [2.75, 3.05) is 19.0 Å². The summed E-state index contributed by atoms with van der Waals surface area (Å²) in [4.78, 5) is 37.5. The van der Waals surface area contributed by atoms with Gasteiger partial charge in [-0.05, 0) is 36.2 Å². The van der Waals surface area contributed by atoms with Crippen LogP contribution in [0.5, 0.6) is 5.75 Å². The first-order valence-electron chi connectivity index (χ1n) is 10.6. The van der Waals surface area contributed by atoms with E-state index in [0.29, 0.717) is 22.0 Å². The summed E-state index contributed by atoms with van der Waals surface area (Å²) in [6, 6.07) is 20.5. The molecule has 0 radical (unpaired) electrons. The van der Waals surface area contributed by atoms with E-state index in [2.05, 4.69) is 10.6 Å². The van der Waals surface area contributed by atoms with Gasteiger partial charge in [-0.15, -0.1) is 0 Å². The molecule has 1 atom stereocenters. The largest absolute Gasteiger partial charge is 0.495 e. The Hall–Kier alpha value is -3.84. The molecule has 0 saturated carbocycles. The van der Waals surface area contributed by atoms with Gasteiger partial charge < -0.3 is 20.1 Å². The highest BCUT2D eigenvalue weighted by atomic mass is 35.5. The molecular formula is C26H25ClN2O5. The molecule has 0 aliphatic carbocycles. The molecule has 0 aliphatic rings. The molecule has 0 aromatic heterocycles. The Morgan fingerprint density at radius 3 is 2.26 bits per heavy atom. The monoisotopic (exact) mass is 480 g/mol. The number of amides is 2. The minimum Gasteiger partial charge on any atom is -0.495 e. The van der Waals surface area contributed by atoms with Gasteiger partial charge in [0.1, 0.15) is 5.75 Å². The number of carbonyl (C=O) groups excluding carboxylic acids is 3. The van der Waals surface area contributed by atoms with Crippen molar-refractivity contribution in [2.45, 2.75) is 19.4 Å². The molecule has 0 fully saturated rings. The van der Waals surface area contributed by atoms with Crippen LogP contribution in [0.4, 0.5) is 5.69 Å². The topological polar surface area (TPSA) is 93.7 Å². The first kappa shape index (κ1) is 24.8. The number of aryl methyl sites for hydroxylation is 1. The molecule has 2 N–H and O–H groups in total. The van der Waals surface area contributed by atoms with E-state index < -0.39 is 24.5 Å². The van der Waals surface area contributed by atoms with E-state index in [1.165, 1.54) is 7.11 Å². The fraction of sp³-hybridized carbons (Fsp3) is 0.192. The second-order valence-electron chi connectivity index (χ2n) is 7.52. The first-order valence-corrected chi connectivity index (χ1v) is 11.0. The maximum Gasteiger partial charge on any atom is 0.308 e. The summed E-state index contributed by atoms with van der Waals surface area (Å²) in [6.07, 6.45) is -0.140. The quantitative estimate of drug-likeness (QED) is 0.433. The van der Waals surface area contributed by atoms with Gasteiger partial charge in [0.15, 0.2) is 6.61 Å². The van der Waals surface area contributed by atoms with E-state index in [1.54, 1.807) is 43.3 Å². The highest BCUT2D eigenvalue weighted by molar-refractivity contribution is 6.31. The summed E-state index contributed by atoms with van der Waals surface area (Å²) in [5.41, 5.74) is 2.40. The van der Waals surface area contributed by atoms with Gasteiger partial charge in [0.25, 0.3) is 11.8 Å². The zero-order valence-electron chi connectivity index (χ0n) is 18.8. The van der Waals surface area contributed by atoms with Gasteiger partial charge in [-0.2, -0.15) is 0 Å². The minimum absolute atomic E-state index is 0.140. The van der Waals surface area contributed by atoms with E-state index in [-0.39, 0.29) is 12.3 Å². The lowest BCUT2D eigenvalue weighted by molar-refractivity contribution is -0.147. The molecule has 0 saturated heterocycles. The first-order chi connectivity index (χ1) is 16.4. The van der Waals surface area contributed by atoms with Crippen LogP contribution < -0.4 is 15.4 Å². The van der Waals surface area contributed by atoms with Crippen LogP contribution in [-0.4, -0.2) is 31.5 Å². The number of ether oxygens (including phenoxy) is 2. The molecule has 176 valence electrons. The third-order valence-electron chi connectivity index (χ3n) is 5.03. The molecule has 0 aliphatic heterocycles. The van der Waals surface area contributed by atoms with Crippen molar-refractivity contribution in [2.24, 2.45) is 0 Å². The van der Waals surface area contributed by atoms with E-state index in [4.69, 9.17) is 21.1 Å². The third kappa shape index (κ3) is 6.83. The molecule has 7 nitrogen and oxygen atoms in total. The Morgan fingerprint density at radius 2 is 1.62 bits per heavy atom. The lowest BCUT2D eigenvalue weighted by Crippen LogP contribution is -2.31. The SMILES string of the molecule is COc1cc(Cl)c(C)cc1NC(=O)COC(=O)CC(NC(=O)c1ccccc1)c1ccccc1. The minimum atomic E-state index is -0.628. The van der Waals surface area contributed by atoms with E-state index in [1.807, 2.05) is 36.4 Å². The summed E-state index contributed by atoms with van der Waals surface area (Å²) in [6.45, 7) is 1.31. The predicted molar refractivity (Wildman–Crippen MR) is 130 cm³/mol. The molecule has 3 aromatic rings.